The molecule has 0 saturated heterocycles. The number of hydrogen-bond donors (Lipinski definition) is 2. The Morgan fingerprint density at radius 3 is 2.88 bits per heavy atom. The van der Waals surface area contributed by atoms with Gasteiger partial charge in [0.1, 0.15) is 24.7 Å². The number of amides is 2. The first-order chi connectivity index (χ1) is 15.1. The van der Waals surface area contributed by atoms with Crippen LogP contribution in [0.1, 0.15) is 23.6 Å². The molecule has 2 amide bonds. The van der Waals surface area contributed by atoms with Crippen LogP contribution in [0.3, 0.4) is 0 Å². The SMILES string of the molecule is C.CN1C(=O)[C@@H](NC(=O)c2ncn(Cc3ccccc3)n2)COc2cc3[nH]ccc3cc21. The van der Waals surface area contributed by atoms with Crippen molar-refractivity contribution in [2.24, 2.45) is 0 Å². The zero-order chi connectivity index (χ0) is 21.4. The van der Waals surface area contributed by atoms with Gasteiger partial charge in [-0.15, -0.1) is 5.10 Å². The summed E-state index contributed by atoms with van der Waals surface area (Å²) in [6.45, 7) is 0.511. The maximum atomic E-state index is 13.0. The number of rotatable bonds is 4. The monoisotopic (exact) mass is 432 g/mol. The van der Waals surface area contributed by atoms with E-state index in [0.717, 1.165) is 16.5 Å². The lowest BCUT2D eigenvalue weighted by atomic mass is 10.2. The van der Waals surface area contributed by atoms with Crippen molar-refractivity contribution >= 4 is 28.4 Å². The highest BCUT2D eigenvalue weighted by atomic mass is 16.5. The van der Waals surface area contributed by atoms with Gasteiger partial charge in [0.2, 0.25) is 5.82 Å². The zero-order valence-corrected chi connectivity index (χ0v) is 16.8. The van der Waals surface area contributed by atoms with Gasteiger partial charge in [-0.05, 0) is 17.7 Å². The molecule has 164 valence electrons. The van der Waals surface area contributed by atoms with Crippen LogP contribution >= 0.6 is 0 Å². The Morgan fingerprint density at radius 1 is 1.25 bits per heavy atom. The summed E-state index contributed by atoms with van der Waals surface area (Å²) in [7, 11) is 1.67. The first kappa shape index (κ1) is 21.1. The van der Waals surface area contributed by atoms with Gasteiger partial charge in [-0.3, -0.25) is 9.59 Å². The minimum Gasteiger partial charge on any atom is -0.489 e. The van der Waals surface area contributed by atoms with E-state index in [1.165, 1.54) is 11.2 Å². The average molecular weight is 432 g/mol. The van der Waals surface area contributed by atoms with Crippen LogP contribution in [0.5, 0.6) is 5.75 Å². The molecule has 0 aliphatic carbocycles. The number of carbonyl (C=O) groups is 2. The highest BCUT2D eigenvalue weighted by Gasteiger charge is 2.31. The lowest BCUT2D eigenvalue weighted by Gasteiger charge is -2.20. The van der Waals surface area contributed by atoms with Gasteiger partial charge in [0.15, 0.2) is 0 Å². The van der Waals surface area contributed by atoms with Crippen molar-refractivity contribution in [1.29, 1.82) is 0 Å². The van der Waals surface area contributed by atoms with Crippen molar-refractivity contribution in [3.05, 3.63) is 72.4 Å². The number of hydrogen-bond acceptors (Lipinski definition) is 5. The number of aromatic amines is 1. The van der Waals surface area contributed by atoms with Crippen molar-refractivity contribution in [3.63, 3.8) is 0 Å². The van der Waals surface area contributed by atoms with Crippen LogP contribution in [0.25, 0.3) is 10.9 Å². The van der Waals surface area contributed by atoms with E-state index in [4.69, 9.17) is 4.74 Å². The summed E-state index contributed by atoms with van der Waals surface area (Å²) in [6, 6.07) is 14.6. The maximum Gasteiger partial charge on any atom is 0.291 e. The van der Waals surface area contributed by atoms with Gasteiger partial charge in [-0.25, -0.2) is 9.67 Å². The Hall–Kier alpha value is -4.14. The van der Waals surface area contributed by atoms with Gasteiger partial charge in [-0.2, -0.15) is 0 Å². The molecule has 5 rings (SSSR count). The number of nitrogens with zero attached hydrogens (tertiary/aromatic N) is 4. The summed E-state index contributed by atoms with van der Waals surface area (Å²) >= 11 is 0. The fourth-order valence-corrected chi connectivity index (χ4v) is 3.61. The first-order valence-corrected chi connectivity index (χ1v) is 9.84. The number of anilines is 1. The summed E-state index contributed by atoms with van der Waals surface area (Å²) in [5.41, 5.74) is 2.61. The maximum absolute atomic E-state index is 13.0. The number of fused-ring (bicyclic) bond motifs is 2. The summed E-state index contributed by atoms with van der Waals surface area (Å²) < 4.78 is 7.44. The van der Waals surface area contributed by atoms with Crippen LogP contribution < -0.4 is 15.0 Å². The Morgan fingerprint density at radius 2 is 2.06 bits per heavy atom. The topological polar surface area (TPSA) is 105 Å². The van der Waals surface area contributed by atoms with Crippen molar-refractivity contribution in [1.82, 2.24) is 25.1 Å². The van der Waals surface area contributed by atoms with Gasteiger partial charge >= 0.3 is 0 Å². The van der Waals surface area contributed by atoms with Gasteiger partial charge in [-0.1, -0.05) is 37.8 Å². The summed E-state index contributed by atoms with van der Waals surface area (Å²) in [4.78, 5) is 34.4. The molecule has 2 aromatic carbocycles. The Bertz CT molecular complexity index is 1260. The molecule has 1 aliphatic heterocycles. The molecule has 0 fully saturated rings. The van der Waals surface area contributed by atoms with Crippen molar-refractivity contribution < 1.29 is 14.3 Å². The van der Waals surface area contributed by atoms with Gasteiger partial charge < -0.3 is 19.9 Å². The average Bonchev–Trinajstić information content (AvgIpc) is 3.42. The fourth-order valence-electron chi connectivity index (χ4n) is 3.61. The van der Waals surface area contributed by atoms with Crippen molar-refractivity contribution in [2.45, 2.75) is 20.0 Å². The van der Waals surface area contributed by atoms with E-state index >= 15 is 0 Å². The number of aromatic nitrogens is 4. The van der Waals surface area contributed by atoms with Crippen LogP contribution in [0.4, 0.5) is 5.69 Å². The quantitative estimate of drug-likeness (QED) is 0.516. The molecule has 2 aromatic heterocycles. The summed E-state index contributed by atoms with van der Waals surface area (Å²) in [6.07, 6.45) is 3.33. The van der Waals surface area contributed by atoms with E-state index in [9.17, 15) is 9.59 Å². The number of nitrogens with one attached hydrogen (secondary N) is 2. The van der Waals surface area contributed by atoms with E-state index in [0.29, 0.717) is 18.0 Å². The van der Waals surface area contributed by atoms with Crippen LogP contribution in [0, 0.1) is 0 Å². The Kier molecular flexibility index (Phi) is 5.63. The Labute approximate surface area is 185 Å². The van der Waals surface area contributed by atoms with Crippen molar-refractivity contribution in [2.75, 3.05) is 18.6 Å². The zero-order valence-electron chi connectivity index (χ0n) is 16.8. The van der Waals surface area contributed by atoms with E-state index < -0.39 is 11.9 Å². The molecular weight excluding hydrogens is 408 g/mol. The molecule has 1 atom stereocenters. The fraction of sp³-hybridized carbons (Fsp3) is 0.217. The van der Waals surface area contributed by atoms with Crippen molar-refractivity contribution in [3.8, 4) is 5.75 Å². The van der Waals surface area contributed by atoms with E-state index in [1.54, 1.807) is 11.7 Å². The van der Waals surface area contributed by atoms with Crippen LogP contribution in [-0.2, 0) is 11.3 Å². The molecule has 1 aliphatic rings. The summed E-state index contributed by atoms with van der Waals surface area (Å²) in [5, 5.41) is 7.90. The molecule has 2 N–H and O–H groups in total. The predicted octanol–water partition coefficient (Wildman–Crippen LogP) is 2.60. The predicted molar refractivity (Wildman–Crippen MR) is 121 cm³/mol. The summed E-state index contributed by atoms with van der Waals surface area (Å²) in [5.74, 6) is -0.222. The minimum atomic E-state index is -0.857. The van der Waals surface area contributed by atoms with Gasteiger partial charge in [0.05, 0.1) is 12.2 Å². The third-order valence-electron chi connectivity index (χ3n) is 5.26. The van der Waals surface area contributed by atoms with Gasteiger partial charge in [0, 0.05) is 30.2 Å². The second kappa shape index (κ2) is 8.54. The number of H-pyrrole nitrogens is 1. The highest BCUT2D eigenvalue weighted by Crippen LogP contribution is 2.34. The van der Waals surface area contributed by atoms with Crippen LogP contribution in [0.2, 0.25) is 0 Å². The first-order valence-electron chi connectivity index (χ1n) is 9.84. The van der Waals surface area contributed by atoms with Crippen LogP contribution in [-0.4, -0.2) is 51.3 Å². The molecule has 32 heavy (non-hydrogen) atoms. The molecule has 4 aromatic rings. The highest BCUT2D eigenvalue weighted by molar-refractivity contribution is 6.04. The van der Waals surface area contributed by atoms with Crippen LogP contribution in [0.15, 0.2) is 61.1 Å². The Balaban J connectivity index is 0.00000245. The molecule has 9 nitrogen and oxygen atoms in total. The molecule has 3 heterocycles. The second-order valence-electron chi connectivity index (χ2n) is 7.37. The molecule has 0 saturated carbocycles. The molecule has 9 heteroatoms. The molecule has 0 bridgehead atoms. The van der Waals surface area contributed by atoms with Gasteiger partial charge in [0.25, 0.3) is 11.8 Å². The number of likely N-dealkylation sites (N-methyl/N-ethyl adjacent to an activating group) is 1. The van der Waals surface area contributed by atoms with E-state index in [1.807, 2.05) is 54.7 Å². The van der Waals surface area contributed by atoms with E-state index in [-0.39, 0.29) is 25.8 Å². The second-order valence-corrected chi connectivity index (χ2v) is 7.37. The molecule has 0 unspecified atom stereocenters. The lowest BCUT2D eigenvalue weighted by Crippen LogP contribution is -2.49. The number of carbonyl (C=O) groups excluding carboxylic acids is 2. The molecule has 0 radical (unpaired) electrons. The normalized spacial score (nSPS) is 15.5. The smallest absolute Gasteiger partial charge is 0.291 e. The standard InChI is InChI=1S/C22H20N6O3.CH4/c1-27-18-9-15-7-8-23-16(15)10-19(18)31-12-17(22(27)30)25-21(29)20-24-13-28(26-20)11-14-5-3-2-4-6-14;/h2-10,13,17,23H,11-12H2,1H3,(H,25,29);1H4/t17-;/m0./s1. The number of ether oxygens (including phenoxy) is 1. The largest absolute Gasteiger partial charge is 0.489 e. The lowest BCUT2D eigenvalue weighted by molar-refractivity contribution is -0.120. The number of benzene rings is 2. The molecule has 0 spiro atoms. The van der Waals surface area contributed by atoms with E-state index in [2.05, 4.69) is 20.4 Å². The third-order valence-corrected chi connectivity index (χ3v) is 5.26. The molecular formula is C23H24N6O3. The minimum absolute atomic E-state index is 0. The third kappa shape index (κ3) is 3.92.